The molecule has 26 heavy (non-hydrogen) atoms. The highest BCUT2D eigenvalue weighted by molar-refractivity contribution is 6.39. The minimum absolute atomic E-state index is 0.551. The van der Waals surface area contributed by atoms with E-state index >= 15 is 0 Å². The number of carbonyl (C=O) groups is 2. The van der Waals surface area contributed by atoms with Gasteiger partial charge in [-0.1, -0.05) is 30.3 Å². The number of hydrogen-bond donors (Lipinski definition) is 2. The first kappa shape index (κ1) is 17.6. The zero-order valence-electron chi connectivity index (χ0n) is 14.2. The summed E-state index contributed by atoms with van der Waals surface area (Å²) in [7, 11) is 0. The van der Waals surface area contributed by atoms with Crippen molar-refractivity contribution in [1.82, 2.24) is 5.43 Å². The number of morpholine rings is 1. The molecular formula is C19H20N4O3. The summed E-state index contributed by atoms with van der Waals surface area (Å²) in [6.45, 7) is 3.22. The highest BCUT2D eigenvalue weighted by Gasteiger charge is 2.12. The standard InChI is InChI=1S/C19H20N4O3/c24-18(21-16-4-2-1-3-5-16)19(25)22-20-14-15-6-8-17(9-7-15)23-10-12-26-13-11-23/h1-9,14H,10-13H2,(H,21,24)(H,22,25)/b20-14-. The van der Waals surface area contributed by atoms with Gasteiger partial charge in [-0.05, 0) is 29.8 Å². The highest BCUT2D eigenvalue weighted by atomic mass is 16.5. The molecule has 3 rings (SSSR count). The molecule has 2 aromatic carbocycles. The predicted molar refractivity (Wildman–Crippen MR) is 100 cm³/mol. The Labute approximate surface area is 151 Å². The quantitative estimate of drug-likeness (QED) is 0.498. The fourth-order valence-corrected chi connectivity index (χ4v) is 2.52. The van der Waals surface area contributed by atoms with Crippen molar-refractivity contribution in [2.24, 2.45) is 5.10 Å². The Morgan fingerprint density at radius 1 is 0.962 bits per heavy atom. The average molecular weight is 352 g/mol. The highest BCUT2D eigenvalue weighted by Crippen LogP contribution is 2.15. The van der Waals surface area contributed by atoms with Crippen LogP contribution in [-0.4, -0.2) is 44.3 Å². The Kier molecular flexibility index (Phi) is 5.95. The molecule has 0 spiro atoms. The predicted octanol–water partition coefficient (Wildman–Crippen LogP) is 1.61. The van der Waals surface area contributed by atoms with Crippen LogP contribution in [0, 0.1) is 0 Å². The van der Waals surface area contributed by atoms with E-state index in [4.69, 9.17) is 4.74 Å². The van der Waals surface area contributed by atoms with Gasteiger partial charge in [0.15, 0.2) is 0 Å². The van der Waals surface area contributed by atoms with Crippen molar-refractivity contribution in [3.8, 4) is 0 Å². The number of hydrazone groups is 1. The summed E-state index contributed by atoms with van der Waals surface area (Å²) >= 11 is 0. The SMILES string of the molecule is O=C(N/N=C\c1ccc(N2CCOCC2)cc1)C(=O)Nc1ccccc1. The van der Waals surface area contributed by atoms with Crippen LogP contribution >= 0.6 is 0 Å². The second-order valence-corrected chi connectivity index (χ2v) is 5.71. The average Bonchev–Trinajstić information content (AvgIpc) is 2.70. The lowest BCUT2D eigenvalue weighted by Crippen LogP contribution is -2.36. The smallest absolute Gasteiger partial charge is 0.329 e. The Balaban J connectivity index is 1.49. The number of hydrogen-bond acceptors (Lipinski definition) is 5. The first-order valence-electron chi connectivity index (χ1n) is 8.34. The number of anilines is 2. The van der Waals surface area contributed by atoms with Gasteiger partial charge >= 0.3 is 11.8 Å². The third kappa shape index (κ3) is 4.90. The van der Waals surface area contributed by atoms with E-state index in [1.54, 1.807) is 24.3 Å². The van der Waals surface area contributed by atoms with Crippen molar-refractivity contribution in [3.63, 3.8) is 0 Å². The van der Waals surface area contributed by atoms with E-state index in [1.807, 2.05) is 30.3 Å². The molecule has 1 fully saturated rings. The normalized spacial score (nSPS) is 14.2. The van der Waals surface area contributed by atoms with E-state index in [0.717, 1.165) is 37.6 Å². The summed E-state index contributed by atoms with van der Waals surface area (Å²) in [5.41, 5.74) is 4.72. The number of nitrogens with one attached hydrogen (secondary N) is 2. The van der Waals surface area contributed by atoms with Gasteiger partial charge in [0.1, 0.15) is 0 Å². The lowest BCUT2D eigenvalue weighted by Gasteiger charge is -2.28. The molecule has 0 aliphatic carbocycles. The van der Waals surface area contributed by atoms with Crippen LogP contribution in [0.3, 0.4) is 0 Å². The minimum Gasteiger partial charge on any atom is -0.378 e. The molecule has 0 atom stereocenters. The van der Waals surface area contributed by atoms with Crippen LogP contribution in [0.5, 0.6) is 0 Å². The van der Waals surface area contributed by atoms with Crippen molar-refractivity contribution in [2.45, 2.75) is 0 Å². The molecule has 1 aliphatic rings. The summed E-state index contributed by atoms with van der Waals surface area (Å²) in [4.78, 5) is 25.8. The first-order valence-corrected chi connectivity index (χ1v) is 8.34. The summed E-state index contributed by atoms with van der Waals surface area (Å²) in [6.07, 6.45) is 1.50. The van der Waals surface area contributed by atoms with Crippen molar-refractivity contribution in [2.75, 3.05) is 36.5 Å². The van der Waals surface area contributed by atoms with Gasteiger partial charge in [-0.2, -0.15) is 5.10 Å². The molecule has 2 amide bonds. The topological polar surface area (TPSA) is 83.0 Å². The van der Waals surface area contributed by atoms with Crippen molar-refractivity contribution < 1.29 is 14.3 Å². The van der Waals surface area contributed by atoms with E-state index in [2.05, 4.69) is 20.7 Å². The van der Waals surface area contributed by atoms with Crippen LogP contribution in [0.15, 0.2) is 59.7 Å². The zero-order valence-corrected chi connectivity index (χ0v) is 14.2. The maximum atomic E-state index is 11.8. The molecule has 1 heterocycles. The molecule has 2 aromatic rings. The molecule has 0 bridgehead atoms. The fourth-order valence-electron chi connectivity index (χ4n) is 2.52. The molecule has 0 aromatic heterocycles. The van der Waals surface area contributed by atoms with Crippen molar-refractivity contribution in [1.29, 1.82) is 0 Å². The van der Waals surface area contributed by atoms with E-state index in [9.17, 15) is 9.59 Å². The Morgan fingerprint density at radius 2 is 1.65 bits per heavy atom. The van der Waals surface area contributed by atoms with Crippen LogP contribution in [0.1, 0.15) is 5.56 Å². The molecule has 1 aliphatic heterocycles. The zero-order chi connectivity index (χ0) is 18.2. The van der Waals surface area contributed by atoms with Gasteiger partial charge in [0.25, 0.3) is 0 Å². The van der Waals surface area contributed by atoms with Gasteiger partial charge in [0.05, 0.1) is 19.4 Å². The molecular weight excluding hydrogens is 332 g/mol. The number of rotatable bonds is 4. The Morgan fingerprint density at radius 3 is 2.35 bits per heavy atom. The maximum Gasteiger partial charge on any atom is 0.329 e. The van der Waals surface area contributed by atoms with Gasteiger partial charge in [0.2, 0.25) is 0 Å². The number of ether oxygens (including phenoxy) is 1. The maximum absolute atomic E-state index is 11.8. The lowest BCUT2D eigenvalue weighted by atomic mass is 10.2. The summed E-state index contributed by atoms with van der Waals surface area (Å²) in [5, 5.41) is 6.32. The molecule has 1 saturated heterocycles. The second kappa shape index (κ2) is 8.77. The van der Waals surface area contributed by atoms with Crippen LogP contribution in [0.25, 0.3) is 0 Å². The monoisotopic (exact) mass is 352 g/mol. The van der Waals surface area contributed by atoms with Crippen LogP contribution in [0.2, 0.25) is 0 Å². The number of para-hydroxylation sites is 1. The van der Waals surface area contributed by atoms with Gasteiger partial charge < -0.3 is 15.0 Å². The molecule has 0 unspecified atom stereocenters. The largest absolute Gasteiger partial charge is 0.378 e. The Bertz CT molecular complexity index is 769. The fraction of sp³-hybridized carbons (Fsp3) is 0.211. The van der Waals surface area contributed by atoms with E-state index in [-0.39, 0.29) is 0 Å². The van der Waals surface area contributed by atoms with Crippen LogP contribution in [-0.2, 0) is 14.3 Å². The molecule has 2 N–H and O–H groups in total. The van der Waals surface area contributed by atoms with Gasteiger partial charge in [0, 0.05) is 24.5 Å². The third-order valence-electron chi connectivity index (χ3n) is 3.89. The number of benzene rings is 2. The van der Waals surface area contributed by atoms with Gasteiger partial charge in [-0.25, -0.2) is 5.43 Å². The van der Waals surface area contributed by atoms with E-state index < -0.39 is 11.8 Å². The van der Waals surface area contributed by atoms with E-state index in [0.29, 0.717) is 5.69 Å². The molecule has 7 nitrogen and oxygen atoms in total. The second-order valence-electron chi connectivity index (χ2n) is 5.71. The summed E-state index contributed by atoms with van der Waals surface area (Å²) in [5.74, 6) is -1.59. The molecule has 0 saturated carbocycles. The van der Waals surface area contributed by atoms with Crippen LogP contribution < -0.4 is 15.6 Å². The van der Waals surface area contributed by atoms with Crippen LogP contribution in [0.4, 0.5) is 11.4 Å². The van der Waals surface area contributed by atoms with Gasteiger partial charge in [-0.15, -0.1) is 0 Å². The number of carbonyl (C=O) groups excluding carboxylic acids is 2. The molecule has 134 valence electrons. The molecule has 7 heteroatoms. The first-order chi connectivity index (χ1) is 12.7. The van der Waals surface area contributed by atoms with Gasteiger partial charge in [-0.3, -0.25) is 9.59 Å². The number of amides is 2. The Hall–Kier alpha value is -3.19. The van der Waals surface area contributed by atoms with E-state index in [1.165, 1.54) is 6.21 Å². The minimum atomic E-state index is -0.824. The van der Waals surface area contributed by atoms with Crippen molar-refractivity contribution >= 4 is 29.4 Å². The third-order valence-corrected chi connectivity index (χ3v) is 3.89. The molecule has 0 radical (unpaired) electrons. The summed E-state index contributed by atoms with van der Waals surface area (Å²) < 4.78 is 5.34. The number of nitrogens with zero attached hydrogens (tertiary/aromatic N) is 2. The van der Waals surface area contributed by atoms with Crippen molar-refractivity contribution in [3.05, 3.63) is 60.2 Å². The lowest BCUT2D eigenvalue weighted by molar-refractivity contribution is -0.136. The summed E-state index contributed by atoms with van der Waals surface area (Å²) in [6, 6.07) is 16.6.